The number of carbonyl (C=O) groups is 1. The first kappa shape index (κ1) is 25.1. The second-order valence-electron chi connectivity index (χ2n) is 7.96. The van der Waals surface area contributed by atoms with E-state index in [-0.39, 0.29) is 19.1 Å². The molecule has 0 aliphatic heterocycles. The van der Waals surface area contributed by atoms with Crippen LogP contribution < -0.4 is 14.2 Å². The number of aliphatic carboxylic acids is 1. The first-order valence-electron chi connectivity index (χ1n) is 11.2. The molecule has 0 amide bonds. The molecule has 0 aliphatic rings. The van der Waals surface area contributed by atoms with E-state index in [1.165, 1.54) is 7.11 Å². The lowest BCUT2D eigenvalue weighted by atomic mass is 10.1. The van der Waals surface area contributed by atoms with E-state index in [1.54, 1.807) is 25.1 Å². The van der Waals surface area contributed by atoms with Gasteiger partial charge >= 0.3 is 5.97 Å². The van der Waals surface area contributed by atoms with Crippen molar-refractivity contribution in [2.45, 2.75) is 52.9 Å². The van der Waals surface area contributed by atoms with Crippen molar-refractivity contribution in [1.82, 2.24) is 4.98 Å². The normalized spacial score (nSPS) is 11.9. The average molecular weight is 470 g/mol. The van der Waals surface area contributed by atoms with Gasteiger partial charge in [-0.3, -0.25) is 0 Å². The molecule has 182 valence electrons. The fourth-order valence-corrected chi connectivity index (χ4v) is 3.39. The third-order valence-corrected chi connectivity index (χ3v) is 5.05. The van der Waals surface area contributed by atoms with Gasteiger partial charge in [-0.2, -0.15) is 0 Å². The van der Waals surface area contributed by atoms with Crippen molar-refractivity contribution in [3.63, 3.8) is 0 Å². The SMILES string of the molecule is CCOC(Cc1ccc(OCc2nc(-c3ccc(OC(C)C)cc3)oc2C)cc1OC)C(=O)O. The molecule has 8 heteroatoms. The zero-order valence-electron chi connectivity index (χ0n) is 20.2. The zero-order valence-corrected chi connectivity index (χ0v) is 20.2. The summed E-state index contributed by atoms with van der Waals surface area (Å²) >= 11 is 0. The molecular weight excluding hydrogens is 438 g/mol. The maximum absolute atomic E-state index is 11.4. The summed E-state index contributed by atoms with van der Waals surface area (Å²) in [4.78, 5) is 16.0. The van der Waals surface area contributed by atoms with Crippen molar-refractivity contribution in [3.05, 3.63) is 59.5 Å². The number of ether oxygens (including phenoxy) is 4. The van der Waals surface area contributed by atoms with Crippen LogP contribution >= 0.6 is 0 Å². The number of rotatable bonds is 12. The van der Waals surface area contributed by atoms with Crippen LogP contribution in [0.5, 0.6) is 17.2 Å². The maximum atomic E-state index is 11.4. The van der Waals surface area contributed by atoms with Gasteiger partial charge in [0.1, 0.15) is 35.3 Å². The Morgan fingerprint density at radius 1 is 1.12 bits per heavy atom. The minimum atomic E-state index is -1.01. The van der Waals surface area contributed by atoms with Gasteiger partial charge < -0.3 is 28.5 Å². The van der Waals surface area contributed by atoms with Crippen LogP contribution in [0, 0.1) is 6.92 Å². The zero-order chi connectivity index (χ0) is 24.7. The van der Waals surface area contributed by atoms with Crippen LogP contribution in [0.4, 0.5) is 0 Å². The summed E-state index contributed by atoms with van der Waals surface area (Å²) in [6.07, 6.45) is -0.637. The minimum Gasteiger partial charge on any atom is -0.496 e. The quantitative estimate of drug-likeness (QED) is 0.393. The predicted octanol–water partition coefficient (Wildman–Crippen LogP) is 5.06. The molecule has 1 heterocycles. The standard InChI is InChI=1S/C26H31NO7/c1-6-31-24(26(28)29)13-19-9-12-21(14-23(19)30-5)32-15-22-17(4)34-25(27-22)18-7-10-20(11-8-18)33-16(2)3/h7-12,14,16,24H,6,13,15H2,1-5H3,(H,28,29). The topological polar surface area (TPSA) is 100 Å². The number of carboxylic acid groups (broad SMARTS) is 1. The van der Waals surface area contributed by atoms with Gasteiger partial charge in [0.25, 0.3) is 0 Å². The molecule has 8 nitrogen and oxygen atoms in total. The van der Waals surface area contributed by atoms with Crippen LogP contribution in [-0.2, 0) is 22.6 Å². The smallest absolute Gasteiger partial charge is 0.333 e. The van der Waals surface area contributed by atoms with Crippen molar-refractivity contribution in [2.24, 2.45) is 0 Å². The highest BCUT2D eigenvalue weighted by atomic mass is 16.5. The lowest BCUT2D eigenvalue weighted by Crippen LogP contribution is -2.26. The number of oxazole rings is 1. The van der Waals surface area contributed by atoms with E-state index in [1.807, 2.05) is 45.0 Å². The summed E-state index contributed by atoms with van der Waals surface area (Å²) in [6.45, 7) is 8.09. The minimum absolute atomic E-state index is 0.106. The molecule has 0 fully saturated rings. The fraction of sp³-hybridized carbons (Fsp3) is 0.385. The van der Waals surface area contributed by atoms with E-state index in [2.05, 4.69) is 4.98 Å². The fourth-order valence-electron chi connectivity index (χ4n) is 3.39. The van der Waals surface area contributed by atoms with E-state index in [0.717, 1.165) is 16.9 Å². The predicted molar refractivity (Wildman–Crippen MR) is 127 cm³/mol. The number of nitrogens with zero attached hydrogens (tertiary/aromatic N) is 1. The van der Waals surface area contributed by atoms with Gasteiger partial charge in [0.05, 0.1) is 13.2 Å². The molecule has 1 aromatic heterocycles. The van der Waals surface area contributed by atoms with E-state index in [9.17, 15) is 9.90 Å². The van der Waals surface area contributed by atoms with Gasteiger partial charge in [0.2, 0.25) is 5.89 Å². The third-order valence-electron chi connectivity index (χ3n) is 5.05. The van der Waals surface area contributed by atoms with Crippen LogP contribution in [-0.4, -0.2) is 42.0 Å². The van der Waals surface area contributed by atoms with Gasteiger partial charge in [-0.1, -0.05) is 6.07 Å². The highest BCUT2D eigenvalue weighted by molar-refractivity contribution is 5.73. The van der Waals surface area contributed by atoms with Gasteiger partial charge in [0, 0.05) is 24.7 Å². The number of aromatic nitrogens is 1. The average Bonchev–Trinajstić information content (AvgIpc) is 3.18. The Kier molecular flexibility index (Phi) is 8.54. The Labute approximate surface area is 199 Å². The van der Waals surface area contributed by atoms with Crippen molar-refractivity contribution in [1.29, 1.82) is 0 Å². The summed E-state index contributed by atoms with van der Waals surface area (Å²) in [6, 6.07) is 12.9. The molecule has 3 rings (SSSR count). The van der Waals surface area contributed by atoms with Gasteiger partial charge in [0.15, 0.2) is 6.10 Å². The molecule has 1 unspecified atom stereocenters. The van der Waals surface area contributed by atoms with Gasteiger partial charge in [-0.25, -0.2) is 9.78 Å². The number of methoxy groups -OCH3 is 1. The van der Waals surface area contributed by atoms with Crippen molar-refractivity contribution >= 4 is 5.97 Å². The highest BCUT2D eigenvalue weighted by Gasteiger charge is 2.20. The summed E-state index contributed by atoms with van der Waals surface area (Å²) in [5.41, 5.74) is 2.25. The van der Waals surface area contributed by atoms with Crippen LogP contribution in [0.25, 0.3) is 11.5 Å². The van der Waals surface area contributed by atoms with Crippen molar-refractivity contribution in [2.75, 3.05) is 13.7 Å². The molecule has 1 atom stereocenters. The number of aryl methyl sites for hydroxylation is 1. The molecular formula is C26H31NO7. The van der Waals surface area contributed by atoms with E-state index < -0.39 is 12.1 Å². The van der Waals surface area contributed by atoms with Crippen molar-refractivity contribution in [3.8, 4) is 28.7 Å². The molecule has 0 bridgehead atoms. The molecule has 0 aliphatic carbocycles. The number of hydrogen-bond donors (Lipinski definition) is 1. The summed E-state index contributed by atoms with van der Waals surface area (Å²) in [7, 11) is 1.53. The molecule has 0 spiro atoms. The van der Waals surface area contributed by atoms with Crippen molar-refractivity contribution < 1.29 is 33.3 Å². The molecule has 3 aromatic rings. The summed E-state index contributed by atoms with van der Waals surface area (Å²) in [5, 5.41) is 9.34. The van der Waals surface area contributed by atoms with Crippen LogP contribution in [0.1, 0.15) is 37.8 Å². The Balaban J connectivity index is 1.68. The molecule has 0 radical (unpaired) electrons. The number of carboxylic acids is 1. The lowest BCUT2D eigenvalue weighted by molar-refractivity contribution is -0.149. The monoisotopic (exact) mass is 469 g/mol. The van der Waals surface area contributed by atoms with E-state index in [0.29, 0.717) is 35.5 Å². The third kappa shape index (κ3) is 6.51. The van der Waals surface area contributed by atoms with E-state index in [4.69, 9.17) is 23.4 Å². The van der Waals surface area contributed by atoms with E-state index >= 15 is 0 Å². The maximum Gasteiger partial charge on any atom is 0.333 e. The van der Waals surface area contributed by atoms with Crippen LogP contribution in [0.15, 0.2) is 46.9 Å². The Bertz CT molecular complexity index is 1090. The number of benzene rings is 2. The molecule has 1 N–H and O–H groups in total. The highest BCUT2D eigenvalue weighted by Crippen LogP contribution is 2.28. The molecule has 34 heavy (non-hydrogen) atoms. The Morgan fingerprint density at radius 2 is 1.82 bits per heavy atom. The largest absolute Gasteiger partial charge is 0.496 e. The Hall–Kier alpha value is -3.52. The summed E-state index contributed by atoms with van der Waals surface area (Å²) in [5.74, 6) is 2.06. The lowest BCUT2D eigenvalue weighted by Gasteiger charge is -2.15. The summed E-state index contributed by atoms with van der Waals surface area (Å²) < 4.78 is 28.2. The first-order chi connectivity index (χ1) is 16.3. The molecule has 2 aromatic carbocycles. The molecule has 0 saturated carbocycles. The second kappa shape index (κ2) is 11.6. The van der Waals surface area contributed by atoms with Crippen LogP contribution in [0.2, 0.25) is 0 Å². The van der Waals surface area contributed by atoms with Crippen LogP contribution in [0.3, 0.4) is 0 Å². The molecule has 0 saturated heterocycles. The number of hydrogen-bond acceptors (Lipinski definition) is 7. The van der Waals surface area contributed by atoms with Gasteiger partial charge in [-0.15, -0.1) is 0 Å². The Morgan fingerprint density at radius 3 is 2.44 bits per heavy atom. The first-order valence-corrected chi connectivity index (χ1v) is 11.2. The van der Waals surface area contributed by atoms with Gasteiger partial charge in [-0.05, 0) is 63.6 Å². The second-order valence-corrected chi connectivity index (χ2v) is 7.96.